The van der Waals surface area contributed by atoms with Crippen LogP contribution in [0.3, 0.4) is 0 Å². The number of carbonyl (C=O) groups excluding carboxylic acids is 1. The SMILES string of the molecule is O=C(c1cc2c(s1)CCCCCC2)N1CCN(S(=O)(=O)c2cccc([N+](=O)[O-])c2)CC1. The maximum atomic E-state index is 13.0. The molecule has 31 heavy (non-hydrogen) atoms. The van der Waals surface area contributed by atoms with Gasteiger partial charge in [0.15, 0.2) is 0 Å². The number of amides is 1. The number of fused-ring (bicyclic) bond motifs is 1. The van der Waals surface area contributed by atoms with Gasteiger partial charge >= 0.3 is 0 Å². The lowest BCUT2D eigenvalue weighted by molar-refractivity contribution is -0.385. The number of non-ortho nitro benzene ring substituents is 1. The van der Waals surface area contributed by atoms with Crippen molar-refractivity contribution in [3.05, 3.63) is 55.8 Å². The summed E-state index contributed by atoms with van der Waals surface area (Å²) in [6.45, 7) is 0.939. The van der Waals surface area contributed by atoms with Gasteiger partial charge in [0, 0.05) is 43.2 Å². The lowest BCUT2D eigenvalue weighted by atomic mass is 10.00. The van der Waals surface area contributed by atoms with Crippen LogP contribution in [-0.4, -0.2) is 54.6 Å². The molecule has 1 saturated heterocycles. The van der Waals surface area contributed by atoms with E-state index >= 15 is 0 Å². The van der Waals surface area contributed by atoms with Gasteiger partial charge in [-0.15, -0.1) is 11.3 Å². The second kappa shape index (κ2) is 9.05. The van der Waals surface area contributed by atoms with E-state index in [2.05, 4.69) is 0 Å². The third kappa shape index (κ3) is 4.65. The minimum absolute atomic E-state index is 0.0378. The lowest BCUT2D eigenvalue weighted by Gasteiger charge is -2.33. The Hall–Kier alpha value is -2.30. The summed E-state index contributed by atoms with van der Waals surface area (Å²) < 4.78 is 27.1. The second-order valence-corrected chi connectivity index (χ2v) is 11.0. The standard InChI is InChI=1S/C21H25N3O5S2/c25-21(20-14-16-6-3-1-2-4-9-19(16)30-20)22-10-12-23(13-11-22)31(28,29)18-8-5-7-17(15-18)24(26)27/h5,7-8,14-15H,1-4,6,9-13H2. The van der Waals surface area contributed by atoms with Crippen molar-refractivity contribution < 1.29 is 18.1 Å². The third-order valence-corrected chi connectivity index (χ3v) is 9.02. The fourth-order valence-corrected chi connectivity index (χ4v) is 6.83. The molecule has 166 valence electrons. The molecule has 0 saturated carbocycles. The number of thiophene rings is 1. The first-order valence-electron chi connectivity index (χ1n) is 10.5. The van der Waals surface area contributed by atoms with Crippen LogP contribution in [0.5, 0.6) is 0 Å². The number of sulfonamides is 1. The van der Waals surface area contributed by atoms with E-state index in [1.807, 2.05) is 6.07 Å². The summed E-state index contributed by atoms with van der Waals surface area (Å²) in [5, 5.41) is 11.0. The highest BCUT2D eigenvalue weighted by Crippen LogP contribution is 2.30. The van der Waals surface area contributed by atoms with Crippen LogP contribution in [0.4, 0.5) is 5.69 Å². The normalized spacial score (nSPS) is 18.1. The van der Waals surface area contributed by atoms with Crippen molar-refractivity contribution >= 4 is 33.0 Å². The number of carbonyl (C=O) groups is 1. The van der Waals surface area contributed by atoms with E-state index in [-0.39, 0.29) is 29.6 Å². The molecule has 0 N–H and O–H groups in total. The van der Waals surface area contributed by atoms with Crippen LogP contribution in [0.25, 0.3) is 0 Å². The van der Waals surface area contributed by atoms with Crippen molar-refractivity contribution in [1.29, 1.82) is 0 Å². The quantitative estimate of drug-likeness (QED) is 0.511. The molecule has 2 aromatic rings. The van der Waals surface area contributed by atoms with Crippen molar-refractivity contribution in [1.82, 2.24) is 9.21 Å². The van der Waals surface area contributed by atoms with Crippen molar-refractivity contribution in [2.45, 2.75) is 43.4 Å². The molecule has 1 aliphatic carbocycles. The Morgan fingerprint density at radius 3 is 2.42 bits per heavy atom. The van der Waals surface area contributed by atoms with Gasteiger partial charge in [-0.25, -0.2) is 8.42 Å². The van der Waals surface area contributed by atoms with Gasteiger partial charge in [0.2, 0.25) is 10.0 Å². The molecule has 10 heteroatoms. The number of aryl methyl sites for hydroxylation is 2. The summed E-state index contributed by atoms with van der Waals surface area (Å²) in [4.78, 5) is 27.1. The highest BCUT2D eigenvalue weighted by Gasteiger charge is 2.32. The molecule has 2 heterocycles. The molecule has 0 radical (unpaired) electrons. The zero-order chi connectivity index (χ0) is 22.0. The molecule has 1 amide bonds. The Morgan fingerprint density at radius 1 is 1.00 bits per heavy atom. The predicted molar refractivity (Wildman–Crippen MR) is 118 cm³/mol. The molecule has 0 atom stereocenters. The average molecular weight is 464 g/mol. The van der Waals surface area contributed by atoms with Crippen molar-refractivity contribution in [2.24, 2.45) is 0 Å². The van der Waals surface area contributed by atoms with Crippen LogP contribution < -0.4 is 0 Å². The van der Waals surface area contributed by atoms with Gasteiger partial charge in [-0.1, -0.05) is 18.9 Å². The molecule has 0 spiro atoms. The Labute approximate surface area is 185 Å². The van der Waals surface area contributed by atoms with Crippen molar-refractivity contribution in [3.8, 4) is 0 Å². The first-order chi connectivity index (χ1) is 14.9. The number of benzene rings is 1. The molecule has 0 unspecified atom stereocenters. The fraction of sp³-hybridized carbons (Fsp3) is 0.476. The maximum Gasteiger partial charge on any atom is 0.270 e. The van der Waals surface area contributed by atoms with Gasteiger partial charge in [-0.3, -0.25) is 14.9 Å². The predicted octanol–water partition coefficient (Wildman–Crippen LogP) is 3.46. The minimum Gasteiger partial charge on any atom is -0.335 e. The number of nitro benzene ring substituents is 1. The Bertz CT molecular complexity index is 1060. The van der Waals surface area contributed by atoms with Gasteiger partial charge in [-0.05, 0) is 43.4 Å². The van der Waals surface area contributed by atoms with Crippen molar-refractivity contribution in [3.63, 3.8) is 0 Å². The Morgan fingerprint density at radius 2 is 1.71 bits per heavy atom. The molecule has 1 aliphatic heterocycles. The van der Waals surface area contributed by atoms with Crippen molar-refractivity contribution in [2.75, 3.05) is 26.2 Å². The van der Waals surface area contributed by atoms with E-state index in [0.29, 0.717) is 13.1 Å². The fourth-order valence-electron chi connectivity index (χ4n) is 4.14. The molecule has 0 bridgehead atoms. The number of hydrogen-bond donors (Lipinski definition) is 0. The number of nitrogens with zero attached hydrogens (tertiary/aromatic N) is 3. The van der Waals surface area contributed by atoms with Gasteiger partial charge in [-0.2, -0.15) is 4.31 Å². The summed E-state index contributed by atoms with van der Waals surface area (Å²) in [6.07, 6.45) is 6.85. The molecule has 1 aromatic carbocycles. The van der Waals surface area contributed by atoms with Crippen LogP contribution >= 0.6 is 11.3 Å². The summed E-state index contributed by atoms with van der Waals surface area (Å²) in [5.74, 6) is -0.0378. The topological polar surface area (TPSA) is 101 Å². The van der Waals surface area contributed by atoms with Crippen LogP contribution in [0.2, 0.25) is 0 Å². The first-order valence-corrected chi connectivity index (χ1v) is 12.8. The first kappa shape index (κ1) is 21.9. The van der Waals surface area contributed by atoms with E-state index in [0.717, 1.165) is 36.6 Å². The molecule has 4 rings (SSSR count). The number of nitro groups is 1. The second-order valence-electron chi connectivity index (χ2n) is 7.92. The number of rotatable bonds is 4. The van der Waals surface area contributed by atoms with Crippen LogP contribution in [0, 0.1) is 10.1 Å². The molecule has 2 aliphatic rings. The van der Waals surface area contributed by atoms with Gasteiger partial charge < -0.3 is 4.90 Å². The monoisotopic (exact) mass is 463 g/mol. The molecular formula is C21H25N3O5S2. The number of piperazine rings is 1. The van der Waals surface area contributed by atoms with Crippen LogP contribution in [0.1, 0.15) is 45.8 Å². The lowest BCUT2D eigenvalue weighted by Crippen LogP contribution is -2.50. The number of hydrogen-bond acceptors (Lipinski definition) is 6. The van der Waals surface area contributed by atoms with E-state index in [1.54, 1.807) is 16.2 Å². The van der Waals surface area contributed by atoms with Gasteiger partial charge in [0.05, 0.1) is 14.7 Å². The zero-order valence-electron chi connectivity index (χ0n) is 17.2. The average Bonchev–Trinajstić information content (AvgIpc) is 3.15. The summed E-state index contributed by atoms with van der Waals surface area (Å²) in [7, 11) is -3.85. The maximum absolute atomic E-state index is 13.0. The van der Waals surface area contributed by atoms with Crippen LogP contribution in [0.15, 0.2) is 35.2 Å². The summed E-state index contributed by atoms with van der Waals surface area (Å²) in [6, 6.07) is 7.10. The summed E-state index contributed by atoms with van der Waals surface area (Å²) >= 11 is 1.58. The molecule has 8 nitrogen and oxygen atoms in total. The van der Waals surface area contributed by atoms with Gasteiger partial charge in [0.1, 0.15) is 0 Å². The molecule has 1 aromatic heterocycles. The van der Waals surface area contributed by atoms with E-state index in [4.69, 9.17) is 0 Å². The minimum atomic E-state index is -3.85. The molecular weight excluding hydrogens is 438 g/mol. The highest BCUT2D eigenvalue weighted by molar-refractivity contribution is 7.89. The van der Waals surface area contributed by atoms with Crippen LogP contribution in [-0.2, 0) is 22.9 Å². The Balaban J connectivity index is 1.43. The Kier molecular flexibility index (Phi) is 6.40. The van der Waals surface area contributed by atoms with E-state index in [9.17, 15) is 23.3 Å². The van der Waals surface area contributed by atoms with Gasteiger partial charge in [0.25, 0.3) is 11.6 Å². The smallest absolute Gasteiger partial charge is 0.270 e. The van der Waals surface area contributed by atoms with E-state index < -0.39 is 14.9 Å². The highest BCUT2D eigenvalue weighted by atomic mass is 32.2. The largest absolute Gasteiger partial charge is 0.335 e. The summed E-state index contributed by atoms with van der Waals surface area (Å²) in [5.41, 5.74) is 1.03. The zero-order valence-corrected chi connectivity index (χ0v) is 18.8. The van der Waals surface area contributed by atoms with E-state index in [1.165, 1.54) is 45.8 Å². The third-order valence-electron chi connectivity index (χ3n) is 5.90. The molecule has 1 fully saturated rings.